The van der Waals surface area contributed by atoms with Gasteiger partial charge in [0.05, 0.1) is 17.5 Å². The Hall–Kier alpha value is -1.89. The van der Waals surface area contributed by atoms with E-state index in [0.717, 1.165) is 5.41 Å². The normalized spacial score (nSPS) is 21.3. The van der Waals surface area contributed by atoms with Gasteiger partial charge >= 0.3 is 5.97 Å². The van der Waals surface area contributed by atoms with Gasteiger partial charge in [-0.25, -0.2) is 13.2 Å². The molecule has 2 heterocycles. The van der Waals surface area contributed by atoms with Gasteiger partial charge in [0, 0.05) is 17.8 Å². The van der Waals surface area contributed by atoms with Crippen LogP contribution in [0.1, 0.15) is 10.4 Å². The number of rotatable bonds is 3. The van der Waals surface area contributed by atoms with Crippen molar-refractivity contribution >= 4 is 21.5 Å². The smallest absolute Gasteiger partial charge is 0.339 e. The minimum atomic E-state index is -3.15. The van der Waals surface area contributed by atoms with E-state index in [9.17, 15) is 13.2 Å². The minimum absolute atomic E-state index is 0.0187. The maximum atomic E-state index is 11.2. The summed E-state index contributed by atoms with van der Waals surface area (Å²) in [6.45, 7) is 0. The first-order valence-electron chi connectivity index (χ1n) is 4.83. The van der Waals surface area contributed by atoms with Crippen molar-refractivity contribution in [2.24, 2.45) is 0 Å². The molecule has 17 heavy (non-hydrogen) atoms. The molecule has 1 atom stereocenters. The number of carboxylic acid groups (broad SMARTS) is 1. The van der Waals surface area contributed by atoms with E-state index in [2.05, 4.69) is 10.3 Å². The molecule has 1 aliphatic heterocycles. The summed E-state index contributed by atoms with van der Waals surface area (Å²) in [4.78, 5) is 14.6. The minimum Gasteiger partial charge on any atom is -0.478 e. The molecule has 1 aromatic rings. The van der Waals surface area contributed by atoms with E-state index >= 15 is 0 Å². The Morgan fingerprint density at radius 2 is 2.29 bits per heavy atom. The highest BCUT2D eigenvalue weighted by Crippen LogP contribution is 2.18. The topological polar surface area (TPSA) is 96.4 Å². The number of hydrogen-bond acceptors (Lipinski definition) is 5. The number of carbonyl (C=O) groups is 1. The van der Waals surface area contributed by atoms with Crippen LogP contribution in [-0.2, 0) is 9.84 Å². The molecule has 0 fully saturated rings. The molecule has 0 spiro atoms. The molecule has 0 saturated heterocycles. The monoisotopic (exact) mass is 254 g/mol. The fourth-order valence-corrected chi connectivity index (χ4v) is 2.79. The van der Waals surface area contributed by atoms with Crippen LogP contribution in [0, 0.1) is 0 Å². The second-order valence-corrected chi connectivity index (χ2v) is 5.57. The highest BCUT2D eigenvalue weighted by atomic mass is 32.2. The predicted molar refractivity (Wildman–Crippen MR) is 61.5 cm³/mol. The van der Waals surface area contributed by atoms with Gasteiger partial charge in [0.1, 0.15) is 5.56 Å². The van der Waals surface area contributed by atoms with E-state index < -0.39 is 21.8 Å². The molecule has 0 saturated carbocycles. The molecular formula is C10H10N2O4S. The van der Waals surface area contributed by atoms with Crippen molar-refractivity contribution in [3.8, 4) is 0 Å². The standard InChI is InChI=1S/C10H10N2O4S/c13-10(14)8-5-11-3-1-9(8)12-7-2-4-17(15,16)6-7/h1-5,7H,6H2,(H,11,12)(H,13,14). The number of aromatic carboxylic acids is 1. The fraction of sp³-hybridized carbons (Fsp3) is 0.200. The van der Waals surface area contributed by atoms with Crippen LogP contribution in [0.3, 0.4) is 0 Å². The second kappa shape index (κ2) is 4.17. The van der Waals surface area contributed by atoms with Gasteiger partial charge < -0.3 is 10.4 Å². The van der Waals surface area contributed by atoms with Gasteiger partial charge in [-0.2, -0.15) is 0 Å². The maximum absolute atomic E-state index is 11.2. The molecule has 7 heteroatoms. The Morgan fingerprint density at radius 1 is 1.53 bits per heavy atom. The average molecular weight is 254 g/mol. The summed E-state index contributed by atoms with van der Waals surface area (Å²) < 4.78 is 22.4. The summed E-state index contributed by atoms with van der Waals surface area (Å²) in [5.41, 5.74) is 0.379. The van der Waals surface area contributed by atoms with Gasteiger partial charge in [-0.1, -0.05) is 6.08 Å². The Kier molecular flexibility index (Phi) is 2.84. The molecular weight excluding hydrogens is 244 g/mol. The molecule has 0 bridgehead atoms. The lowest BCUT2D eigenvalue weighted by molar-refractivity contribution is 0.0697. The summed E-state index contributed by atoms with van der Waals surface area (Å²) in [6, 6.07) is 1.10. The lowest BCUT2D eigenvalue weighted by atomic mass is 10.2. The van der Waals surface area contributed by atoms with Gasteiger partial charge in [0.2, 0.25) is 0 Å². The molecule has 90 valence electrons. The van der Waals surface area contributed by atoms with Crippen LogP contribution >= 0.6 is 0 Å². The average Bonchev–Trinajstić information content (AvgIpc) is 2.58. The van der Waals surface area contributed by atoms with E-state index in [1.807, 2.05) is 0 Å². The summed E-state index contributed by atoms with van der Waals surface area (Å²) >= 11 is 0. The molecule has 1 aromatic heterocycles. The Bertz CT molecular complexity index is 580. The highest BCUT2D eigenvalue weighted by molar-refractivity contribution is 7.94. The third kappa shape index (κ3) is 2.62. The zero-order chi connectivity index (χ0) is 12.5. The van der Waals surface area contributed by atoms with Crippen molar-refractivity contribution in [1.82, 2.24) is 4.98 Å². The van der Waals surface area contributed by atoms with Crippen molar-refractivity contribution in [1.29, 1.82) is 0 Å². The molecule has 0 aromatic carbocycles. The first-order valence-corrected chi connectivity index (χ1v) is 6.54. The van der Waals surface area contributed by atoms with Crippen LogP contribution in [0.5, 0.6) is 0 Å². The molecule has 2 N–H and O–H groups in total. The number of nitrogens with zero attached hydrogens (tertiary/aromatic N) is 1. The van der Waals surface area contributed by atoms with Crippen LogP contribution in [0.15, 0.2) is 29.9 Å². The number of anilines is 1. The summed E-state index contributed by atoms with van der Waals surface area (Å²) in [5, 5.41) is 12.9. The zero-order valence-electron chi connectivity index (χ0n) is 8.70. The Morgan fingerprint density at radius 3 is 2.88 bits per heavy atom. The predicted octanol–water partition coefficient (Wildman–Crippen LogP) is 0.502. The number of carboxylic acids is 1. The SMILES string of the molecule is O=C(O)c1cnccc1NC1C=CS(=O)(=O)C1. The summed E-state index contributed by atoms with van der Waals surface area (Å²) in [6.07, 6.45) is 4.17. The van der Waals surface area contributed by atoms with E-state index in [4.69, 9.17) is 5.11 Å². The number of sulfone groups is 1. The van der Waals surface area contributed by atoms with Gasteiger partial charge in [0.15, 0.2) is 9.84 Å². The first-order chi connectivity index (χ1) is 7.98. The van der Waals surface area contributed by atoms with E-state index in [-0.39, 0.29) is 11.3 Å². The van der Waals surface area contributed by atoms with Crippen molar-refractivity contribution in [3.63, 3.8) is 0 Å². The largest absolute Gasteiger partial charge is 0.478 e. The fourth-order valence-electron chi connectivity index (χ4n) is 1.56. The van der Waals surface area contributed by atoms with Crippen molar-refractivity contribution < 1.29 is 18.3 Å². The Labute approximate surface area is 97.9 Å². The van der Waals surface area contributed by atoms with Crippen LogP contribution in [0.2, 0.25) is 0 Å². The molecule has 0 amide bonds. The quantitative estimate of drug-likeness (QED) is 0.815. The number of hydrogen-bond donors (Lipinski definition) is 2. The summed E-state index contributed by atoms with van der Waals surface area (Å²) in [7, 11) is -3.15. The van der Waals surface area contributed by atoms with Crippen molar-refractivity contribution in [3.05, 3.63) is 35.5 Å². The molecule has 1 unspecified atom stereocenters. The van der Waals surface area contributed by atoms with Crippen molar-refractivity contribution in [2.75, 3.05) is 11.1 Å². The van der Waals surface area contributed by atoms with Gasteiger partial charge in [-0.05, 0) is 6.07 Å². The number of nitrogens with one attached hydrogen (secondary N) is 1. The molecule has 2 rings (SSSR count). The maximum Gasteiger partial charge on any atom is 0.339 e. The van der Waals surface area contributed by atoms with E-state index in [0.29, 0.717) is 5.69 Å². The van der Waals surface area contributed by atoms with Crippen molar-refractivity contribution in [2.45, 2.75) is 6.04 Å². The van der Waals surface area contributed by atoms with E-state index in [1.54, 1.807) is 0 Å². The lowest BCUT2D eigenvalue weighted by Gasteiger charge is -2.13. The summed E-state index contributed by atoms with van der Waals surface area (Å²) in [5.74, 6) is -1.17. The first kappa shape index (κ1) is 11.6. The van der Waals surface area contributed by atoms with Gasteiger partial charge in [0.25, 0.3) is 0 Å². The second-order valence-electron chi connectivity index (χ2n) is 3.64. The van der Waals surface area contributed by atoms with Gasteiger partial charge in [-0.3, -0.25) is 4.98 Å². The molecule has 6 nitrogen and oxygen atoms in total. The van der Waals surface area contributed by atoms with Crippen LogP contribution < -0.4 is 5.32 Å². The van der Waals surface area contributed by atoms with Crippen LogP contribution in [0.25, 0.3) is 0 Å². The van der Waals surface area contributed by atoms with Crippen LogP contribution in [-0.4, -0.2) is 36.3 Å². The number of aromatic nitrogens is 1. The van der Waals surface area contributed by atoms with E-state index in [1.165, 1.54) is 24.5 Å². The molecule has 1 aliphatic rings. The Balaban J connectivity index is 2.21. The lowest BCUT2D eigenvalue weighted by Crippen LogP contribution is -2.22. The highest BCUT2D eigenvalue weighted by Gasteiger charge is 2.22. The van der Waals surface area contributed by atoms with Gasteiger partial charge in [-0.15, -0.1) is 0 Å². The third-order valence-corrected chi connectivity index (χ3v) is 3.72. The number of pyridine rings is 1. The zero-order valence-corrected chi connectivity index (χ0v) is 9.52. The molecule has 0 radical (unpaired) electrons. The third-order valence-electron chi connectivity index (χ3n) is 2.32. The molecule has 0 aliphatic carbocycles. The van der Waals surface area contributed by atoms with Crippen LogP contribution in [0.4, 0.5) is 5.69 Å².